The van der Waals surface area contributed by atoms with Gasteiger partial charge in [-0.15, -0.1) is 0 Å². The van der Waals surface area contributed by atoms with Crippen LogP contribution in [-0.4, -0.2) is 6.29 Å². The number of hydrogen-bond donors (Lipinski definition) is 0. The fraction of sp³-hybridized carbons (Fsp3) is 0. The van der Waals surface area contributed by atoms with Crippen molar-refractivity contribution in [2.75, 3.05) is 0 Å². The van der Waals surface area contributed by atoms with E-state index >= 15 is 0 Å². The van der Waals surface area contributed by atoms with Crippen molar-refractivity contribution < 1.29 is 4.79 Å². The Hall–Kier alpha value is -0.890. The largest absolute Gasteiger partial charge is 0.298 e. The molecule has 0 N–H and O–H groups in total. The summed E-state index contributed by atoms with van der Waals surface area (Å²) in [5, 5.41) is 0. The third kappa shape index (κ3) is 2.31. The van der Waals surface area contributed by atoms with Gasteiger partial charge >= 0.3 is 0 Å². The number of aldehydes is 1. The first-order chi connectivity index (χ1) is 5.36. The molecule has 0 unspecified atom stereocenters. The van der Waals surface area contributed by atoms with Crippen LogP contribution in [0.3, 0.4) is 0 Å². The molecule has 0 aromatic heterocycles. The van der Waals surface area contributed by atoms with Gasteiger partial charge in [0.15, 0.2) is 0 Å². The van der Waals surface area contributed by atoms with Crippen LogP contribution in [0.15, 0.2) is 29.3 Å². The van der Waals surface area contributed by atoms with Gasteiger partial charge in [0, 0.05) is 5.56 Å². The molecule has 0 aliphatic heterocycles. The zero-order valence-corrected chi connectivity index (χ0v) is 7.41. The van der Waals surface area contributed by atoms with Crippen molar-refractivity contribution in [3.8, 4) is 0 Å². The van der Waals surface area contributed by atoms with Crippen molar-refractivity contribution in [3.63, 3.8) is 0 Å². The molecule has 0 atom stereocenters. The van der Waals surface area contributed by atoms with Crippen LogP contribution >= 0.6 is 15.9 Å². The monoisotopic (exact) mass is 210 g/mol. The summed E-state index contributed by atoms with van der Waals surface area (Å²) < 4.78 is 0. The Bertz CT molecular complexity index is 261. The molecule has 0 aliphatic carbocycles. The number of rotatable bonds is 2. The number of carbonyl (C=O) groups is 1. The van der Waals surface area contributed by atoms with Gasteiger partial charge in [0.1, 0.15) is 6.29 Å². The second-order valence-corrected chi connectivity index (χ2v) is 2.61. The summed E-state index contributed by atoms with van der Waals surface area (Å²) in [6.07, 6.45) is 2.75. The number of hydrogen-bond acceptors (Lipinski definition) is 1. The highest BCUT2D eigenvalue weighted by Crippen LogP contribution is 2.05. The molecule has 0 heterocycles. The molecule has 1 rings (SSSR count). The van der Waals surface area contributed by atoms with Crippen molar-refractivity contribution in [1.82, 2.24) is 0 Å². The predicted octanol–water partition coefficient (Wildman–Crippen LogP) is 2.86. The third-order valence-electron chi connectivity index (χ3n) is 1.33. The normalized spacial score (nSPS) is 10.3. The smallest absolute Gasteiger partial charge is 0.150 e. The lowest BCUT2D eigenvalue weighted by molar-refractivity contribution is 0.112. The maximum Gasteiger partial charge on any atom is 0.150 e. The molecule has 1 aromatic carbocycles. The van der Waals surface area contributed by atoms with Crippen LogP contribution < -0.4 is 0 Å². The molecule has 0 radical (unpaired) electrons. The summed E-state index contributed by atoms with van der Waals surface area (Å²) in [4.78, 5) is 12.0. The molecule has 0 saturated heterocycles. The Morgan fingerprint density at radius 2 is 1.64 bits per heavy atom. The molecule has 1 aromatic rings. The van der Waals surface area contributed by atoms with Crippen LogP contribution in [0.5, 0.6) is 0 Å². The topological polar surface area (TPSA) is 17.1 Å². The first-order valence-electron chi connectivity index (χ1n) is 3.19. The summed E-state index contributed by atoms with van der Waals surface area (Å²) in [6.45, 7) is 0. The standard InChI is InChI=1S/C9H7BrO/c10-6-5-8-1-3-9(7-11)4-2-8/h1-7H/b6-5+. The first-order valence-corrected chi connectivity index (χ1v) is 4.10. The van der Waals surface area contributed by atoms with Crippen molar-refractivity contribution in [2.24, 2.45) is 0 Å². The molecular weight excluding hydrogens is 204 g/mol. The van der Waals surface area contributed by atoms with Gasteiger partial charge in [-0.1, -0.05) is 40.2 Å². The van der Waals surface area contributed by atoms with E-state index in [-0.39, 0.29) is 0 Å². The lowest BCUT2D eigenvalue weighted by atomic mass is 10.1. The minimum absolute atomic E-state index is 0.705. The van der Waals surface area contributed by atoms with Gasteiger partial charge in [0.05, 0.1) is 0 Å². The summed E-state index contributed by atoms with van der Waals surface area (Å²) >= 11 is 3.17. The highest BCUT2D eigenvalue weighted by Gasteiger charge is 1.87. The van der Waals surface area contributed by atoms with E-state index < -0.39 is 0 Å². The lowest BCUT2D eigenvalue weighted by Gasteiger charge is -1.91. The molecule has 2 heteroatoms. The SMILES string of the molecule is O=Cc1ccc(/C=C/Br)cc1. The second kappa shape index (κ2) is 4.09. The van der Waals surface area contributed by atoms with Gasteiger partial charge in [-0.05, 0) is 16.6 Å². The molecular formula is C9H7BrO. The molecule has 11 heavy (non-hydrogen) atoms. The maximum absolute atomic E-state index is 10.2. The van der Waals surface area contributed by atoms with Gasteiger partial charge in [-0.25, -0.2) is 0 Å². The summed E-state index contributed by atoms with van der Waals surface area (Å²) in [7, 11) is 0. The Balaban J connectivity index is 2.91. The fourth-order valence-corrected chi connectivity index (χ4v) is 1.06. The Morgan fingerprint density at radius 1 is 1.09 bits per heavy atom. The van der Waals surface area contributed by atoms with Gasteiger partial charge in [-0.2, -0.15) is 0 Å². The van der Waals surface area contributed by atoms with E-state index in [1.165, 1.54) is 0 Å². The summed E-state index contributed by atoms with van der Waals surface area (Å²) in [5.41, 5.74) is 1.78. The molecule has 1 nitrogen and oxygen atoms in total. The van der Waals surface area contributed by atoms with Crippen LogP contribution in [0.2, 0.25) is 0 Å². The summed E-state index contributed by atoms with van der Waals surface area (Å²) in [5.74, 6) is 0. The molecule has 0 bridgehead atoms. The number of benzene rings is 1. The lowest BCUT2D eigenvalue weighted by Crippen LogP contribution is -1.77. The number of halogens is 1. The van der Waals surface area contributed by atoms with Crippen molar-refractivity contribution >= 4 is 28.3 Å². The highest BCUT2D eigenvalue weighted by atomic mass is 79.9. The Morgan fingerprint density at radius 3 is 2.09 bits per heavy atom. The fourth-order valence-electron chi connectivity index (χ4n) is 0.758. The molecule has 0 aliphatic rings. The number of carbonyl (C=O) groups excluding carboxylic acids is 1. The maximum atomic E-state index is 10.2. The third-order valence-corrected chi connectivity index (χ3v) is 1.59. The minimum atomic E-state index is 0.705. The van der Waals surface area contributed by atoms with E-state index in [4.69, 9.17) is 0 Å². The molecule has 0 spiro atoms. The average molecular weight is 211 g/mol. The Labute approximate surface area is 73.9 Å². The quantitative estimate of drug-likeness (QED) is 0.687. The van der Waals surface area contributed by atoms with E-state index in [0.29, 0.717) is 5.56 Å². The molecule has 0 fully saturated rings. The predicted molar refractivity (Wildman–Crippen MR) is 49.8 cm³/mol. The van der Waals surface area contributed by atoms with Crippen molar-refractivity contribution in [3.05, 3.63) is 40.4 Å². The van der Waals surface area contributed by atoms with Crippen molar-refractivity contribution in [2.45, 2.75) is 0 Å². The van der Waals surface area contributed by atoms with E-state index in [1.54, 1.807) is 17.1 Å². The average Bonchev–Trinajstić information content (AvgIpc) is 2.07. The Kier molecular flexibility index (Phi) is 3.05. The van der Waals surface area contributed by atoms with Gasteiger partial charge in [-0.3, -0.25) is 4.79 Å². The molecule has 56 valence electrons. The van der Waals surface area contributed by atoms with Crippen LogP contribution in [0, 0.1) is 0 Å². The van der Waals surface area contributed by atoms with E-state index in [1.807, 2.05) is 18.2 Å². The van der Waals surface area contributed by atoms with E-state index in [0.717, 1.165) is 11.8 Å². The van der Waals surface area contributed by atoms with Gasteiger partial charge in [0.2, 0.25) is 0 Å². The van der Waals surface area contributed by atoms with Crippen LogP contribution in [0.25, 0.3) is 6.08 Å². The zero-order chi connectivity index (χ0) is 8.10. The van der Waals surface area contributed by atoms with Crippen molar-refractivity contribution in [1.29, 1.82) is 0 Å². The highest BCUT2D eigenvalue weighted by molar-refractivity contribution is 9.11. The zero-order valence-electron chi connectivity index (χ0n) is 5.83. The van der Waals surface area contributed by atoms with E-state index in [2.05, 4.69) is 15.9 Å². The van der Waals surface area contributed by atoms with Crippen LogP contribution in [0.1, 0.15) is 15.9 Å². The van der Waals surface area contributed by atoms with Gasteiger partial charge < -0.3 is 0 Å². The van der Waals surface area contributed by atoms with Crippen LogP contribution in [-0.2, 0) is 0 Å². The molecule has 0 saturated carbocycles. The summed E-state index contributed by atoms with van der Waals surface area (Å²) in [6, 6.07) is 7.35. The van der Waals surface area contributed by atoms with E-state index in [9.17, 15) is 4.79 Å². The minimum Gasteiger partial charge on any atom is -0.298 e. The first kappa shape index (κ1) is 8.21. The second-order valence-electron chi connectivity index (χ2n) is 2.08. The van der Waals surface area contributed by atoms with Gasteiger partial charge in [0.25, 0.3) is 0 Å². The van der Waals surface area contributed by atoms with Crippen LogP contribution in [0.4, 0.5) is 0 Å². The molecule has 0 amide bonds.